The second-order valence-corrected chi connectivity index (χ2v) is 8.93. The summed E-state index contributed by atoms with van der Waals surface area (Å²) in [5, 5.41) is 2.83. The molecule has 1 aromatic carbocycles. The molecule has 1 heterocycles. The number of benzene rings is 1. The van der Waals surface area contributed by atoms with Gasteiger partial charge in [0.25, 0.3) is 5.91 Å². The van der Waals surface area contributed by atoms with E-state index in [-0.39, 0.29) is 17.7 Å². The summed E-state index contributed by atoms with van der Waals surface area (Å²) < 4.78 is 49.6. The van der Waals surface area contributed by atoms with Gasteiger partial charge in [-0.25, -0.2) is 9.59 Å². The highest BCUT2D eigenvalue weighted by Crippen LogP contribution is 2.36. The fourth-order valence-corrected chi connectivity index (χ4v) is 2.69. The van der Waals surface area contributed by atoms with Crippen molar-refractivity contribution in [1.29, 1.82) is 0 Å². The smallest absolute Gasteiger partial charge is 0.444 e. The van der Waals surface area contributed by atoms with Gasteiger partial charge >= 0.3 is 18.4 Å². The maximum Gasteiger partial charge on any atom is 0.534 e. The highest BCUT2D eigenvalue weighted by Gasteiger charge is 2.40. The fraction of sp³-hybridized carbons (Fsp3) is 0.550. The minimum Gasteiger partial charge on any atom is -0.444 e. The van der Waals surface area contributed by atoms with Crippen molar-refractivity contribution in [3.8, 4) is 0 Å². The van der Waals surface area contributed by atoms with Gasteiger partial charge in [-0.1, -0.05) is 0 Å². The van der Waals surface area contributed by atoms with E-state index in [1.807, 2.05) is 0 Å². The van der Waals surface area contributed by atoms with Crippen LogP contribution in [0.2, 0.25) is 0 Å². The summed E-state index contributed by atoms with van der Waals surface area (Å²) in [4.78, 5) is 42.1. The summed E-state index contributed by atoms with van der Waals surface area (Å²) in [5.41, 5.74) is -2.78. The quantitative estimate of drug-likeness (QED) is 0.679. The Morgan fingerprint density at radius 1 is 1.03 bits per heavy atom. The Morgan fingerprint density at radius 2 is 1.61 bits per heavy atom. The van der Waals surface area contributed by atoms with E-state index >= 15 is 0 Å². The van der Waals surface area contributed by atoms with Crippen LogP contribution in [-0.2, 0) is 31.7 Å². The molecule has 172 valence electrons. The van der Waals surface area contributed by atoms with Crippen LogP contribution in [0, 0.1) is 0 Å². The molecule has 1 aliphatic heterocycles. The number of alkyl halides is 3. The van der Waals surface area contributed by atoms with Crippen molar-refractivity contribution in [3.05, 3.63) is 29.3 Å². The lowest BCUT2D eigenvalue weighted by Crippen LogP contribution is -2.54. The maximum atomic E-state index is 13.1. The average Bonchev–Trinajstić information content (AvgIpc) is 2.53. The first-order valence-corrected chi connectivity index (χ1v) is 9.41. The first-order valence-electron chi connectivity index (χ1n) is 9.41. The van der Waals surface area contributed by atoms with Crippen molar-refractivity contribution in [2.45, 2.75) is 71.4 Å². The van der Waals surface area contributed by atoms with E-state index in [2.05, 4.69) is 5.32 Å². The first kappa shape index (κ1) is 24.3. The molecule has 2 amide bonds. The van der Waals surface area contributed by atoms with E-state index in [1.54, 1.807) is 41.5 Å². The summed E-state index contributed by atoms with van der Waals surface area (Å²) in [6.07, 6.45) is -7.06. The summed E-state index contributed by atoms with van der Waals surface area (Å²) in [6, 6.07) is 1.29. The van der Waals surface area contributed by atoms with Crippen LogP contribution in [-0.4, -0.2) is 35.4 Å². The monoisotopic (exact) mass is 446 g/mol. The molecule has 2 rings (SSSR count). The van der Waals surface area contributed by atoms with Crippen molar-refractivity contribution in [2.75, 3.05) is 5.06 Å². The molecule has 0 aliphatic carbocycles. The van der Waals surface area contributed by atoms with E-state index < -0.39 is 47.1 Å². The average molecular weight is 446 g/mol. The van der Waals surface area contributed by atoms with Crippen LogP contribution >= 0.6 is 0 Å². The predicted octanol–water partition coefficient (Wildman–Crippen LogP) is 4.35. The van der Waals surface area contributed by atoms with Crippen LogP contribution in [0.4, 0.5) is 28.4 Å². The molecule has 1 aliphatic rings. The van der Waals surface area contributed by atoms with Crippen LogP contribution < -0.4 is 10.4 Å². The van der Waals surface area contributed by atoms with Crippen molar-refractivity contribution in [2.24, 2.45) is 0 Å². The molecule has 1 atom stereocenters. The summed E-state index contributed by atoms with van der Waals surface area (Å²) in [5.74, 6) is -0.871. The molecule has 0 aromatic heterocycles. The lowest BCUT2D eigenvalue weighted by molar-refractivity contribution is -0.137. The summed E-state index contributed by atoms with van der Waals surface area (Å²) >= 11 is 0. The van der Waals surface area contributed by atoms with Crippen molar-refractivity contribution in [3.63, 3.8) is 0 Å². The normalized spacial score (nSPS) is 17.0. The minimum atomic E-state index is -4.62. The number of carbonyl (C=O) groups excluding carboxylic acids is 3. The summed E-state index contributed by atoms with van der Waals surface area (Å²) in [7, 11) is 0. The highest BCUT2D eigenvalue weighted by molar-refractivity contribution is 6.01. The van der Waals surface area contributed by atoms with Gasteiger partial charge in [0.2, 0.25) is 0 Å². The molecule has 1 N–H and O–H groups in total. The fourth-order valence-electron chi connectivity index (χ4n) is 2.69. The van der Waals surface area contributed by atoms with Gasteiger partial charge in [-0.3, -0.25) is 9.63 Å². The molecule has 31 heavy (non-hydrogen) atoms. The SMILES string of the molecule is CC(C)(C)OC(=O)N[C@H]1Cc2cc(C(F)(F)F)ccc2N(OC(=O)OC(C)(C)C)C1=O. The molecule has 1 aromatic rings. The number of hydroxylamine groups is 1. The number of halogens is 3. The Labute approximate surface area is 177 Å². The van der Waals surface area contributed by atoms with Gasteiger partial charge in [-0.15, -0.1) is 5.06 Å². The zero-order valence-corrected chi connectivity index (χ0v) is 18.0. The molecular formula is C20H25F3N2O6. The second kappa shape index (κ2) is 8.27. The van der Waals surface area contributed by atoms with E-state index in [0.29, 0.717) is 5.06 Å². The number of anilines is 1. The zero-order valence-electron chi connectivity index (χ0n) is 18.0. The molecule has 0 unspecified atom stereocenters. The van der Waals surface area contributed by atoms with Gasteiger partial charge in [0, 0.05) is 6.42 Å². The zero-order chi connectivity index (χ0) is 23.8. The second-order valence-electron chi connectivity index (χ2n) is 8.93. The number of carbonyl (C=O) groups is 3. The Balaban J connectivity index is 2.37. The van der Waals surface area contributed by atoms with Crippen LogP contribution in [0.25, 0.3) is 0 Å². The number of rotatable bonds is 2. The van der Waals surface area contributed by atoms with E-state index in [9.17, 15) is 27.6 Å². The molecular weight excluding hydrogens is 421 g/mol. The molecule has 11 heteroatoms. The number of hydrogen-bond acceptors (Lipinski definition) is 6. The van der Waals surface area contributed by atoms with Crippen LogP contribution in [0.3, 0.4) is 0 Å². The third kappa shape index (κ3) is 6.76. The topological polar surface area (TPSA) is 94.2 Å². The van der Waals surface area contributed by atoms with E-state index in [4.69, 9.17) is 14.3 Å². The van der Waals surface area contributed by atoms with Crippen LogP contribution in [0.5, 0.6) is 0 Å². The number of nitrogens with one attached hydrogen (secondary N) is 1. The molecule has 0 saturated heterocycles. The summed E-state index contributed by atoms with van der Waals surface area (Å²) in [6.45, 7) is 9.54. The lowest BCUT2D eigenvalue weighted by Gasteiger charge is -2.33. The molecule has 0 fully saturated rings. The number of hydrogen-bond donors (Lipinski definition) is 1. The number of alkyl carbamates (subject to hydrolysis) is 1. The van der Waals surface area contributed by atoms with Gasteiger partial charge < -0.3 is 14.8 Å². The van der Waals surface area contributed by atoms with Gasteiger partial charge in [-0.2, -0.15) is 13.2 Å². The van der Waals surface area contributed by atoms with Gasteiger partial charge in [0.1, 0.15) is 17.2 Å². The number of ether oxygens (including phenoxy) is 2. The Hall–Kier alpha value is -2.98. The molecule has 0 bridgehead atoms. The third-order valence-corrected chi connectivity index (χ3v) is 3.79. The predicted molar refractivity (Wildman–Crippen MR) is 103 cm³/mol. The number of fused-ring (bicyclic) bond motifs is 1. The third-order valence-electron chi connectivity index (χ3n) is 3.79. The van der Waals surface area contributed by atoms with Gasteiger partial charge in [0.05, 0.1) is 11.3 Å². The molecule has 8 nitrogen and oxygen atoms in total. The van der Waals surface area contributed by atoms with Crippen LogP contribution in [0.1, 0.15) is 52.7 Å². The lowest BCUT2D eigenvalue weighted by atomic mass is 9.96. The van der Waals surface area contributed by atoms with Crippen molar-refractivity contribution in [1.82, 2.24) is 5.32 Å². The number of amides is 2. The van der Waals surface area contributed by atoms with E-state index in [0.717, 1.165) is 18.2 Å². The minimum absolute atomic E-state index is 0.0408. The largest absolute Gasteiger partial charge is 0.534 e. The van der Waals surface area contributed by atoms with Crippen molar-refractivity contribution >= 4 is 23.8 Å². The Bertz CT molecular complexity index is 871. The van der Waals surface area contributed by atoms with E-state index in [1.165, 1.54) is 0 Å². The Kier molecular flexibility index (Phi) is 6.48. The maximum absolute atomic E-state index is 13.1. The molecule has 0 saturated carbocycles. The van der Waals surface area contributed by atoms with Crippen LogP contribution in [0.15, 0.2) is 18.2 Å². The van der Waals surface area contributed by atoms with Crippen molar-refractivity contribution < 1.29 is 41.9 Å². The molecule has 0 radical (unpaired) electrons. The molecule has 0 spiro atoms. The first-order chi connectivity index (χ1) is 14.0. The standard InChI is InChI=1S/C20H25F3N2O6/c1-18(2,3)29-16(27)24-13-10-11-9-12(20(21,22)23)7-8-14(11)25(15(13)26)31-17(28)30-19(4,5)6/h7-9,13H,10H2,1-6H3,(H,24,27)/t13-/m0/s1. The highest BCUT2D eigenvalue weighted by atomic mass is 19.4. The Morgan fingerprint density at radius 3 is 2.13 bits per heavy atom. The van der Waals surface area contributed by atoms with Gasteiger partial charge in [-0.05, 0) is 65.3 Å². The number of nitrogens with zero attached hydrogens (tertiary/aromatic N) is 1. The van der Waals surface area contributed by atoms with Gasteiger partial charge in [0.15, 0.2) is 0 Å².